The summed E-state index contributed by atoms with van der Waals surface area (Å²) in [7, 11) is 2.07. The minimum atomic E-state index is 0.631. The minimum absolute atomic E-state index is 0.631. The van der Waals surface area contributed by atoms with Gasteiger partial charge in [0.25, 0.3) is 0 Å². The van der Waals surface area contributed by atoms with E-state index in [2.05, 4.69) is 16.9 Å². The molecule has 3 heteroatoms. The Labute approximate surface area is 72.2 Å². The molecule has 1 aliphatic carbocycles. The molecule has 64 valence electrons. The molecule has 0 aliphatic heterocycles. The van der Waals surface area contributed by atoms with Crippen molar-refractivity contribution in [2.75, 3.05) is 17.7 Å². The van der Waals surface area contributed by atoms with Crippen molar-refractivity contribution in [2.24, 2.45) is 0 Å². The van der Waals surface area contributed by atoms with Gasteiger partial charge < -0.3 is 10.6 Å². The van der Waals surface area contributed by atoms with Gasteiger partial charge in [-0.25, -0.2) is 4.98 Å². The van der Waals surface area contributed by atoms with Gasteiger partial charge in [0.05, 0.1) is 5.69 Å². The predicted molar refractivity (Wildman–Crippen MR) is 50.1 cm³/mol. The quantitative estimate of drug-likeness (QED) is 0.713. The first kappa shape index (κ1) is 7.40. The maximum absolute atomic E-state index is 5.73. The molecular formula is C9H13N3. The standard InChI is InChI=1S/C9H13N3/c1-12(7-4-5-7)8-3-2-6-11-9(8)10/h2-3,6-7H,4-5H2,1H3,(H2,10,11). The Bertz CT molecular complexity index is 281. The number of nitrogens with zero attached hydrogens (tertiary/aromatic N) is 2. The number of nitrogens with two attached hydrogens (primary N) is 1. The molecule has 0 aromatic carbocycles. The largest absolute Gasteiger partial charge is 0.382 e. The van der Waals surface area contributed by atoms with Gasteiger partial charge in [-0.15, -0.1) is 0 Å². The number of hydrogen-bond donors (Lipinski definition) is 1. The van der Waals surface area contributed by atoms with Gasteiger partial charge >= 0.3 is 0 Å². The Morgan fingerprint density at radius 3 is 2.92 bits per heavy atom. The lowest BCUT2D eigenvalue weighted by molar-refractivity contribution is 0.914. The second-order valence-electron chi connectivity index (χ2n) is 3.25. The molecular weight excluding hydrogens is 150 g/mol. The molecule has 0 atom stereocenters. The third-order valence-corrected chi connectivity index (χ3v) is 2.29. The molecule has 0 radical (unpaired) electrons. The highest BCUT2D eigenvalue weighted by Gasteiger charge is 2.27. The Morgan fingerprint density at radius 1 is 1.58 bits per heavy atom. The monoisotopic (exact) mass is 163 g/mol. The fraction of sp³-hybridized carbons (Fsp3) is 0.444. The summed E-state index contributed by atoms with van der Waals surface area (Å²) in [4.78, 5) is 6.26. The maximum Gasteiger partial charge on any atom is 0.146 e. The first-order valence-corrected chi connectivity index (χ1v) is 4.22. The molecule has 1 heterocycles. The van der Waals surface area contributed by atoms with E-state index in [1.165, 1.54) is 12.8 Å². The molecule has 2 rings (SSSR count). The third kappa shape index (κ3) is 1.22. The van der Waals surface area contributed by atoms with Crippen LogP contribution in [0.3, 0.4) is 0 Å². The van der Waals surface area contributed by atoms with Crippen LogP contribution in [0.25, 0.3) is 0 Å². The smallest absolute Gasteiger partial charge is 0.146 e. The van der Waals surface area contributed by atoms with E-state index in [1.54, 1.807) is 6.20 Å². The number of pyridine rings is 1. The Balaban J connectivity index is 2.25. The zero-order chi connectivity index (χ0) is 8.55. The van der Waals surface area contributed by atoms with E-state index in [-0.39, 0.29) is 0 Å². The highest BCUT2D eigenvalue weighted by atomic mass is 15.2. The van der Waals surface area contributed by atoms with Crippen LogP contribution in [-0.2, 0) is 0 Å². The molecule has 12 heavy (non-hydrogen) atoms. The molecule has 1 saturated carbocycles. The van der Waals surface area contributed by atoms with Crippen molar-refractivity contribution in [1.29, 1.82) is 0 Å². The van der Waals surface area contributed by atoms with Crippen molar-refractivity contribution < 1.29 is 0 Å². The van der Waals surface area contributed by atoms with Gasteiger partial charge in [0, 0.05) is 19.3 Å². The van der Waals surface area contributed by atoms with Gasteiger partial charge in [-0.2, -0.15) is 0 Å². The molecule has 0 amide bonds. The molecule has 0 bridgehead atoms. The fourth-order valence-electron chi connectivity index (χ4n) is 1.37. The number of rotatable bonds is 2. The fourth-order valence-corrected chi connectivity index (χ4v) is 1.37. The van der Waals surface area contributed by atoms with Gasteiger partial charge in [-0.1, -0.05) is 0 Å². The summed E-state index contributed by atoms with van der Waals surface area (Å²) in [5, 5.41) is 0. The zero-order valence-corrected chi connectivity index (χ0v) is 7.20. The molecule has 1 aromatic rings. The van der Waals surface area contributed by atoms with Crippen LogP contribution in [0.5, 0.6) is 0 Å². The predicted octanol–water partition coefficient (Wildman–Crippen LogP) is 1.26. The van der Waals surface area contributed by atoms with Crippen molar-refractivity contribution in [3.8, 4) is 0 Å². The van der Waals surface area contributed by atoms with Crippen LogP contribution < -0.4 is 10.6 Å². The van der Waals surface area contributed by atoms with E-state index in [1.807, 2.05) is 12.1 Å². The van der Waals surface area contributed by atoms with E-state index in [0.29, 0.717) is 11.9 Å². The lowest BCUT2D eigenvalue weighted by Crippen LogP contribution is -2.20. The third-order valence-electron chi connectivity index (χ3n) is 2.29. The highest BCUT2D eigenvalue weighted by Crippen LogP contribution is 2.31. The SMILES string of the molecule is CN(c1cccnc1N)C1CC1. The van der Waals surface area contributed by atoms with Crippen molar-refractivity contribution in [2.45, 2.75) is 18.9 Å². The molecule has 1 fully saturated rings. The van der Waals surface area contributed by atoms with E-state index in [0.717, 1.165) is 5.69 Å². The molecule has 1 aliphatic rings. The molecule has 0 saturated heterocycles. The molecule has 2 N–H and O–H groups in total. The first-order chi connectivity index (χ1) is 5.79. The summed E-state index contributed by atoms with van der Waals surface area (Å²) in [6.07, 6.45) is 4.29. The number of nitrogen functional groups attached to an aromatic ring is 1. The van der Waals surface area contributed by atoms with E-state index in [4.69, 9.17) is 5.73 Å². The summed E-state index contributed by atoms with van der Waals surface area (Å²) in [5.41, 5.74) is 6.79. The van der Waals surface area contributed by atoms with Crippen LogP contribution in [-0.4, -0.2) is 18.1 Å². The van der Waals surface area contributed by atoms with Crippen LogP contribution in [0.1, 0.15) is 12.8 Å². The van der Waals surface area contributed by atoms with Crippen LogP contribution in [0.2, 0.25) is 0 Å². The summed E-state index contributed by atoms with van der Waals surface area (Å²) >= 11 is 0. The summed E-state index contributed by atoms with van der Waals surface area (Å²) in [6, 6.07) is 4.63. The Kier molecular flexibility index (Phi) is 1.64. The van der Waals surface area contributed by atoms with Crippen LogP contribution in [0, 0.1) is 0 Å². The van der Waals surface area contributed by atoms with Crippen LogP contribution in [0.4, 0.5) is 11.5 Å². The number of hydrogen-bond acceptors (Lipinski definition) is 3. The molecule has 0 spiro atoms. The van der Waals surface area contributed by atoms with Crippen molar-refractivity contribution >= 4 is 11.5 Å². The average molecular weight is 163 g/mol. The van der Waals surface area contributed by atoms with Gasteiger partial charge in [0.15, 0.2) is 0 Å². The maximum atomic E-state index is 5.73. The number of aromatic nitrogens is 1. The van der Waals surface area contributed by atoms with Gasteiger partial charge in [-0.3, -0.25) is 0 Å². The summed E-state index contributed by atoms with van der Waals surface area (Å²) in [6.45, 7) is 0. The first-order valence-electron chi connectivity index (χ1n) is 4.22. The van der Waals surface area contributed by atoms with Crippen molar-refractivity contribution in [3.63, 3.8) is 0 Å². The van der Waals surface area contributed by atoms with Gasteiger partial charge in [0.1, 0.15) is 5.82 Å². The van der Waals surface area contributed by atoms with E-state index in [9.17, 15) is 0 Å². The van der Waals surface area contributed by atoms with Crippen molar-refractivity contribution in [1.82, 2.24) is 4.98 Å². The topological polar surface area (TPSA) is 42.2 Å². The Morgan fingerprint density at radius 2 is 2.33 bits per heavy atom. The average Bonchev–Trinajstić information content (AvgIpc) is 2.86. The van der Waals surface area contributed by atoms with E-state index < -0.39 is 0 Å². The van der Waals surface area contributed by atoms with E-state index >= 15 is 0 Å². The second-order valence-corrected chi connectivity index (χ2v) is 3.25. The number of anilines is 2. The van der Waals surface area contributed by atoms with Gasteiger partial charge in [0.2, 0.25) is 0 Å². The van der Waals surface area contributed by atoms with Crippen molar-refractivity contribution in [3.05, 3.63) is 18.3 Å². The highest BCUT2D eigenvalue weighted by molar-refractivity contribution is 5.63. The molecule has 3 nitrogen and oxygen atoms in total. The van der Waals surface area contributed by atoms with Crippen LogP contribution >= 0.6 is 0 Å². The molecule has 0 unspecified atom stereocenters. The lowest BCUT2D eigenvalue weighted by atomic mass is 10.3. The second kappa shape index (κ2) is 2.66. The zero-order valence-electron chi connectivity index (χ0n) is 7.20. The van der Waals surface area contributed by atoms with Crippen LogP contribution in [0.15, 0.2) is 18.3 Å². The lowest BCUT2D eigenvalue weighted by Gasteiger charge is -2.19. The summed E-state index contributed by atoms with van der Waals surface area (Å²) in [5.74, 6) is 0.631. The van der Waals surface area contributed by atoms with Gasteiger partial charge in [-0.05, 0) is 25.0 Å². The normalized spacial score (nSPS) is 16.1. The Hall–Kier alpha value is -1.25. The minimum Gasteiger partial charge on any atom is -0.382 e. The summed E-state index contributed by atoms with van der Waals surface area (Å²) < 4.78 is 0. The molecule has 1 aromatic heterocycles.